The molecule has 1 aliphatic carbocycles. The van der Waals surface area contributed by atoms with Crippen LogP contribution in [0.5, 0.6) is 11.5 Å². The summed E-state index contributed by atoms with van der Waals surface area (Å²) in [6.07, 6.45) is 7.21. The van der Waals surface area contributed by atoms with Gasteiger partial charge in [0.2, 0.25) is 0 Å². The van der Waals surface area contributed by atoms with E-state index in [1.807, 2.05) is 50.3 Å². The van der Waals surface area contributed by atoms with E-state index in [0.29, 0.717) is 13.2 Å². The summed E-state index contributed by atoms with van der Waals surface area (Å²) in [6, 6.07) is 7.67. The zero-order valence-electron chi connectivity index (χ0n) is 10.8. The second-order valence-corrected chi connectivity index (χ2v) is 4.28. The van der Waals surface area contributed by atoms with Gasteiger partial charge in [-0.3, -0.25) is 0 Å². The van der Waals surface area contributed by atoms with Crippen molar-refractivity contribution in [2.45, 2.75) is 20.3 Å². The normalized spacial score (nSPS) is 12.5. The van der Waals surface area contributed by atoms with Gasteiger partial charge in [-0.05, 0) is 26.0 Å². The molecule has 0 spiro atoms. The molecular formula is C15H19FeO2. The van der Waals surface area contributed by atoms with Gasteiger partial charge in [0.25, 0.3) is 0 Å². The van der Waals surface area contributed by atoms with Crippen LogP contribution in [0.4, 0.5) is 0 Å². The van der Waals surface area contributed by atoms with E-state index in [1.165, 1.54) is 4.47 Å². The Hall–Kier alpha value is -1.18. The van der Waals surface area contributed by atoms with Gasteiger partial charge >= 0.3 is 45.1 Å². The summed E-state index contributed by atoms with van der Waals surface area (Å²) in [5.74, 6) is 1.73. The third-order valence-corrected chi connectivity index (χ3v) is 2.55. The van der Waals surface area contributed by atoms with E-state index in [-0.39, 0.29) is 0 Å². The number of rotatable bonds is 4. The molecule has 99 valence electrons. The van der Waals surface area contributed by atoms with Crippen LogP contribution in [0.15, 0.2) is 47.0 Å². The van der Waals surface area contributed by atoms with E-state index in [4.69, 9.17) is 9.47 Å². The maximum absolute atomic E-state index is 5.31. The summed E-state index contributed by atoms with van der Waals surface area (Å²) in [7, 11) is 0. The minimum atomic E-state index is 0.690. The maximum atomic E-state index is 5.31. The van der Waals surface area contributed by atoms with E-state index in [1.54, 1.807) is 0 Å². The molecule has 2 nitrogen and oxygen atoms in total. The van der Waals surface area contributed by atoms with Crippen LogP contribution in [0.2, 0.25) is 0 Å². The molecule has 0 aliphatic heterocycles. The monoisotopic (exact) mass is 287 g/mol. The van der Waals surface area contributed by atoms with Crippen LogP contribution in [-0.2, 0) is 16.0 Å². The van der Waals surface area contributed by atoms with Gasteiger partial charge in [0, 0.05) is 6.07 Å². The number of benzene rings is 1. The second kappa shape index (κ2) is 8.84. The Labute approximate surface area is 117 Å². The predicted octanol–water partition coefficient (Wildman–Crippen LogP) is 3.86. The molecule has 3 heteroatoms. The summed E-state index contributed by atoms with van der Waals surface area (Å²) < 4.78 is 11.8. The first-order chi connectivity index (χ1) is 8.76. The van der Waals surface area contributed by atoms with E-state index in [9.17, 15) is 0 Å². The molecule has 1 aromatic carbocycles. The van der Waals surface area contributed by atoms with Crippen LogP contribution in [-0.4, -0.2) is 13.2 Å². The molecule has 18 heavy (non-hydrogen) atoms. The third-order valence-electron chi connectivity index (χ3n) is 2.14. The van der Waals surface area contributed by atoms with Crippen LogP contribution in [0, 0.1) is 0 Å². The first kappa shape index (κ1) is 14.9. The number of hydrogen-bond donors (Lipinski definition) is 0. The fraction of sp³-hybridized carbons (Fsp3) is 0.333. The zero-order chi connectivity index (χ0) is 13.2. The van der Waals surface area contributed by atoms with E-state index in [2.05, 4.69) is 22.1 Å². The molecule has 0 amide bonds. The molecule has 0 unspecified atom stereocenters. The molecule has 0 N–H and O–H groups in total. The number of hydrogen-bond acceptors (Lipinski definition) is 2. The Balaban J connectivity index is 0.000000225. The second-order valence-electron chi connectivity index (χ2n) is 3.57. The third kappa shape index (κ3) is 5.94. The molecule has 1 aromatic rings. The molecule has 1 aliphatic rings. The SMILES string of the molecule is CCOc1cccc(OCC)c1.[Fe][C]1=CC=CC1. The fourth-order valence-corrected chi connectivity index (χ4v) is 1.64. The van der Waals surface area contributed by atoms with Crippen molar-refractivity contribution >= 4 is 0 Å². The van der Waals surface area contributed by atoms with Crippen LogP contribution in [0.1, 0.15) is 20.3 Å². The van der Waals surface area contributed by atoms with Gasteiger partial charge in [-0.15, -0.1) is 0 Å². The molecule has 0 heterocycles. The van der Waals surface area contributed by atoms with Gasteiger partial charge in [-0.25, -0.2) is 0 Å². The van der Waals surface area contributed by atoms with Gasteiger partial charge in [0.15, 0.2) is 0 Å². The molecule has 0 aromatic heterocycles. The van der Waals surface area contributed by atoms with Crippen molar-refractivity contribution in [2.75, 3.05) is 13.2 Å². The Morgan fingerprint density at radius 2 is 1.72 bits per heavy atom. The fourth-order valence-electron chi connectivity index (χ4n) is 1.40. The summed E-state index contributed by atoms with van der Waals surface area (Å²) in [4.78, 5) is 0. The Bertz CT molecular complexity index is 389. The average Bonchev–Trinajstić information content (AvgIpc) is 2.83. The van der Waals surface area contributed by atoms with Crippen LogP contribution < -0.4 is 9.47 Å². The summed E-state index contributed by atoms with van der Waals surface area (Å²) in [5.41, 5.74) is 0. The molecule has 0 fully saturated rings. The zero-order valence-corrected chi connectivity index (χ0v) is 11.9. The van der Waals surface area contributed by atoms with Crippen LogP contribution >= 0.6 is 0 Å². The van der Waals surface area contributed by atoms with Gasteiger partial charge in [0.05, 0.1) is 13.2 Å². The first-order valence-electron chi connectivity index (χ1n) is 6.12. The van der Waals surface area contributed by atoms with Crippen molar-refractivity contribution < 1.29 is 25.5 Å². The molecule has 0 radical (unpaired) electrons. The summed E-state index contributed by atoms with van der Waals surface area (Å²) in [5, 5.41) is 0. The molecule has 0 atom stereocenters. The van der Waals surface area contributed by atoms with E-state index < -0.39 is 0 Å². The number of allylic oxidation sites excluding steroid dienone is 4. The quantitative estimate of drug-likeness (QED) is 0.783. The van der Waals surface area contributed by atoms with Gasteiger partial charge in [-0.1, -0.05) is 6.07 Å². The van der Waals surface area contributed by atoms with Crippen LogP contribution in [0.3, 0.4) is 0 Å². The molecule has 0 saturated heterocycles. The van der Waals surface area contributed by atoms with Crippen molar-refractivity contribution in [3.8, 4) is 11.5 Å². The average molecular weight is 287 g/mol. The Morgan fingerprint density at radius 1 is 1.11 bits per heavy atom. The minimum absolute atomic E-state index is 0.690. The molecule has 2 rings (SSSR count). The topological polar surface area (TPSA) is 18.5 Å². The molecular weight excluding hydrogens is 268 g/mol. The summed E-state index contributed by atoms with van der Waals surface area (Å²) in [6.45, 7) is 5.31. The molecule has 0 saturated carbocycles. The van der Waals surface area contributed by atoms with Crippen molar-refractivity contribution in [1.29, 1.82) is 0 Å². The summed E-state index contributed by atoms with van der Waals surface area (Å²) >= 11 is 3.74. The van der Waals surface area contributed by atoms with Crippen molar-refractivity contribution in [2.24, 2.45) is 0 Å². The standard InChI is InChI=1S/C10H14O2.C5H5.Fe/c1-3-11-9-6-5-7-10(8-9)12-4-2;1-2-4-5-3-1;/h5-8H,3-4H2,1-2H3;1-3H,4H2;. The van der Waals surface area contributed by atoms with Crippen molar-refractivity contribution in [1.82, 2.24) is 0 Å². The number of ether oxygens (including phenoxy) is 2. The van der Waals surface area contributed by atoms with Gasteiger partial charge < -0.3 is 9.47 Å². The van der Waals surface area contributed by atoms with Gasteiger partial charge in [-0.2, -0.15) is 0 Å². The predicted molar refractivity (Wildman–Crippen MR) is 70.6 cm³/mol. The van der Waals surface area contributed by atoms with Crippen molar-refractivity contribution in [3.63, 3.8) is 0 Å². The Morgan fingerprint density at radius 3 is 2.06 bits per heavy atom. The van der Waals surface area contributed by atoms with E-state index in [0.717, 1.165) is 17.9 Å². The van der Waals surface area contributed by atoms with Crippen molar-refractivity contribution in [3.05, 3.63) is 47.0 Å². The molecule has 0 bridgehead atoms. The Kier molecular flexibility index (Phi) is 7.31. The van der Waals surface area contributed by atoms with Crippen LogP contribution in [0.25, 0.3) is 0 Å². The first-order valence-corrected chi connectivity index (χ1v) is 6.67. The van der Waals surface area contributed by atoms with Gasteiger partial charge in [0.1, 0.15) is 11.5 Å². The van der Waals surface area contributed by atoms with E-state index >= 15 is 0 Å².